The van der Waals surface area contributed by atoms with Gasteiger partial charge in [-0.2, -0.15) is 0 Å². The van der Waals surface area contributed by atoms with Gasteiger partial charge >= 0.3 is 0 Å². The maximum atomic E-state index is 11.1. The lowest BCUT2D eigenvalue weighted by atomic mass is 9.93. The number of aldehydes is 1. The number of aliphatic hydroxyl groups is 1. The fraction of sp³-hybridized carbons (Fsp3) is 0.917. The number of hydrogen-bond donors (Lipinski definition) is 1. The van der Waals surface area contributed by atoms with E-state index in [0.717, 1.165) is 44.8 Å². The molecule has 88 valence electrons. The molecule has 15 heavy (non-hydrogen) atoms. The molecule has 0 aliphatic heterocycles. The number of unbranched alkanes of at least 4 members (excludes halogenated alkanes) is 2. The van der Waals surface area contributed by atoms with Crippen LogP contribution in [0.4, 0.5) is 0 Å². The van der Waals surface area contributed by atoms with Gasteiger partial charge in [-0.25, -0.2) is 0 Å². The summed E-state index contributed by atoms with van der Waals surface area (Å²) in [7, 11) is 0. The summed E-state index contributed by atoms with van der Waals surface area (Å²) in [5.74, 6) is 0.0108. The average Bonchev–Trinajstić information content (AvgIpc) is 2.68. The first-order valence-corrected chi connectivity index (χ1v) is 6.00. The fourth-order valence-electron chi connectivity index (χ4n) is 2.31. The zero-order valence-corrected chi connectivity index (χ0v) is 9.58. The number of carbonyl (C=O) groups excluding carboxylic acids is 1. The van der Waals surface area contributed by atoms with Crippen LogP contribution < -0.4 is 0 Å². The largest absolute Gasteiger partial charge is 0.396 e. The van der Waals surface area contributed by atoms with Crippen LogP contribution >= 0.6 is 0 Å². The first-order chi connectivity index (χ1) is 7.29. The zero-order chi connectivity index (χ0) is 11.1. The van der Waals surface area contributed by atoms with Crippen LogP contribution in [0, 0.1) is 5.92 Å². The van der Waals surface area contributed by atoms with Gasteiger partial charge in [-0.05, 0) is 25.7 Å². The van der Waals surface area contributed by atoms with Crippen molar-refractivity contribution in [3.8, 4) is 0 Å². The van der Waals surface area contributed by atoms with Crippen LogP contribution in [0.5, 0.6) is 0 Å². The van der Waals surface area contributed by atoms with E-state index in [1.54, 1.807) is 0 Å². The molecular weight excluding hydrogens is 192 g/mol. The summed E-state index contributed by atoms with van der Waals surface area (Å²) in [5, 5.41) is 9.20. The summed E-state index contributed by atoms with van der Waals surface area (Å²) in [6.07, 6.45) is 6.87. The second-order valence-electron chi connectivity index (χ2n) is 4.40. The number of carbonyl (C=O) groups is 1. The van der Waals surface area contributed by atoms with E-state index in [2.05, 4.69) is 6.92 Å². The molecule has 3 nitrogen and oxygen atoms in total. The lowest BCUT2D eigenvalue weighted by Gasteiger charge is -2.29. The summed E-state index contributed by atoms with van der Waals surface area (Å²) in [6.45, 7) is 2.84. The van der Waals surface area contributed by atoms with Gasteiger partial charge in [0.1, 0.15) is 5.60 Å². The fourth-order valence-corrected chi connectivity index (χ4v) is 2.31. The highest BCUT2D eigenvalue weighted by atomic mass is 16.5. The third kappa shape index (κ3) is 3.02. The molecule has 1 rings (SSSR count). The SMILES string of the molecule is CCCCCO[C@@]1(C=O)CCC[C@@H]1CO. The molecule has 0 saturated heterocycles. The Labute approximate surface area is 91.8 Å². The van der Waals surface area contributed by atoms with Crippen molar-refractivity contribution >= 4 is 6.29 Å². The molecule has 0 radical (unpaired) electrons. The van der Waals surface area contributed by atoms with Crippen molar-refractivity contribution in [2.24, 2.45) is 5.92 Å². The van der Waals surface area contributed by atoms with Crippen molar-refractivity contribution in [3.63, 3.8) is 0 Å². The Morgan fingerprint density at radius 3 is 2.93 bits per heavy atom. The third-order valence-electron chi connectivity index (χ3n) is 3.35. The first-order valence-electron chi connectivity index (χ1n) is 6.00. The second-order valence-corrected chi connectivity index (χ2v) is 4.40. The molecule has 3 heteroatoms. The van der Waals surface area contributed by atoms with Crippen LogP contribution in [0.2, 0.25) is 0 Å². The Morgan fingerprint density at radius 1 is 1.53 bits per heavy atom. The molecule has 1 N–H and O–H groups in total. The summed E-state index contributed by atoms with van der Waals surface area (Å²) in [6, 6.07) is 0. The van der Waals surface area contributed by atoms with E-state index >= 15 is 0 Å². The highest BCUT2D eigenvalue weighted by Gasteiger charge is 2.43. The molecule has 0 bridgehead atoms. The van der Waals surface area contributed by atoms with Gasteiger partial charge in [0.15, 0.2) is 6.29 Å². The quantitative estimate of drug-likeness (QED) is 0.520. The van der Waals surface area contributed by atoms with E-state index < -0.39 is 5.60 Å². The molecule has 0 heterocycles. The Balaban J connectivity index is 2.41. The number of rotatable bonds is 7. The Bertz CT molecular complexity index is 193. The molecular formula is C12H22O3. The summed E-state index contributed by atoms with van der Waals surface area (Å²) >= 11 is 0. The van der Waals surface area contributed by atoms with Crippen LogP contribution in [0.15, 0.2) is 0 Å². The van der Waals surface area contributed by atoms with Crippen LogP contribution in [0.25, 0.3) is 0 Å². The van der Waals surface area contributed by atoms with Gasteiger partial charge in [-0.15, -0.1) is 0 Å². The maximum absolute atomic E-state index is 11.1. The minimum atomic E-state index is -0.678. The molecule has 0 aromatic rings. The molecule has 0 aromatic carbocycles. The summed E-state index contributed by atoms with van der Waals surface area (Å²) in [5.41, 5.74) is -0.678. The Kier molecular flexibility index (Phi) is 5.26. The Morgan fingerprint density at radius 2 is 2.33 bits per heavy atom. The maximum Gasteiger partial charge on any atom is 0.152 e. The van der Waals surface area contributed by atoms with Crippen LogP contribution in [0.1, 0.15) is 45.4 Å². The number of aliphatic hydroxyl groups excluding tert-OH is 1. The van der Waals surface area contributed by atoms with Crippen molar-refractivity contribution < 1.29 is 14.6 Å². The summed E-state index contributed by atoms with van der Waals surface area (Å²) < 4.78 is 5.72. The molecule has 0 spiro atoms. The zero-order valence-electron chi connectivity index (χ0n) is 9.58. The number of ether oxygens (including phenoxy) is 1. The van der Waals surface area contributed by atoms with Gasteiger partial charge in [0.2, 0.25) is 0 Å². The summed E-state index contributed by atoms with van der Waals surface area (Å²) in [4.78, 5) is 11.1. The van der Waals surface area contributed by atoms with Crippen molar-refractivity contribution in [2.45, 2.75) is 51.0 Å². The second kappa shape index (κ2) is 6.23. The van der Waals surface area contributed by atoms with E-state index in [0.29, 0.717) is 6.61 Å². The Hall–Kier alpha value is -0.410. The van der Waals surface area contributed by atoms with Gasteiger partial charge in [-0.1, -0.05) is 19.8 Å². The van der Waals surface area contributed by atoms with Crippen molar-refractivity contribution in [3.05, 3.63) is 0 Å². The molecule has 0 unspecified atom stereocenters. The standard InChI is InChI=1S/C12H22O3/c1-2-3-4-8-15-12(10-14)7-5-6-11(12)9-13/h10-11,13H,2-9H2,1H3/t11-,12-/m1/s1. The van der Waals surface area contributed by atoms with Gasteiger partial charge < -0.3 is 14.6 Å². The molecule has 1 aliphatic carbocycles. The highest BCUT2D eigenvalue weighted by Crippen LogP contribution is 2.37. The van der Waals surface area contributed by atoms with E-state index in [1.807, 2.05) is 0 Å². The molecule has 1 fully saturated rings. The van der Waals surface area contributed by atoms with E-state index in [1.165, 1.54) is 0 Å². The molecule has 2 atom stereocenters. The molecule has 1 aliphatic rings. The van der Waals surface area contributed by atoms with Crippen molar-refractivity contribution in [2.75, 3.05) is 13.2 Å². The third-order valence-corrected chi connectivity index (χ3v) is 3.35. The van der Waals surface area contributed by atoms with Gasteiger partial charge in [0.05, 0.1) is 0 Å². The predicted octanol–water partition coefficient (Wildman–Crippen LogP) is 1.92. The predicted molar refractivity (Wildman–Crippen MR) is 58.7 cm³/mol. The van der Waals surface area contributed by atoms with Crippen molar-refractivity contribution in [1.29, 1.82) is 0 Å². The lowest BCUT2D eigenvalue weighted by molar-refractivity contribution is -0.139. The van der Waals surface area contributed by atoms with Gasteiger partial charge in [-0.3, -0.25) is 0 Å². The average molecular weight is 214 g/mol. The minimum absolute atomic E-state index is 0.0108. The minimum Gasteiger partial charge on any atom is -0.396 e. The topological polar surface area (TPSA) is 46.5 Å². The van der Waals surface area contributed by atoms with Crippen LogP contribution in [-0.2, 0) is 9.53 Å². The molecule has 0 amide bonds. The molecule has 0 aromatic heterocycles. The van der Waals surface area contributed by atoms with Gasteiger partial charge in [0, 0.05) is 19.1 Å². The smallest absolute Gasteiger partial charge is 0.152 e. The van der Waals surface area contributed by atoms with Crippen molar-refractivity contribution in [1.82, 2.24) is 0 Å². The monoisotopic (exact) mass is 214 g/mol. The van der Waals surface area contributed by atoms with Gasteiger partial charge in [0.25, 0.3) is 0 Å². The lowest BCUT2D eigenvalue weighted by Crippen LogP contribution is -2.40. The van der Waals surface area contributed by atoms with E-state index in [-0.39, 0.29) is 12.5 Å². The molecule has 1 saturated carbocycles. The number of hydrogen-bond acceptors (Lipinski definition) is 3. The first kappa shape index (κ1) is 12.7. The van der Waals surface area contributed by atoms with Crippen LogP contribution in [0.3, 0.4) is 0 Å². The van der Waals surface area contributed by atoms with E-state index in [9.17, 15) is 9.90 Å². The highest BCUT2D eigenvalue weighted by molar-refractivity contribution is 5.64. The van der Waals surface area contributed by atoms with E-state index in [4.69, 9.17) is 4.74 Å². The normalized spacial score (nSPS) is 30.7. The van der Waals surface area contributed by atoms with Crippen LogP contribution in [-0.4, -0.2) is 30.2 Å².